The molecule has 0 saturated heterocycles. The van der Waals surface area contributed by atoms with E-state index < -0.39 is 0 Å². The van der Waals surface area contributed by atoms with E-state index >= 15 is 0 Å². The first-order valence-corrected chi connectivity index (χ1v) is 6.16. The van der Waals surface area contributed by atoms with Crippen molar-refractivity contribution in [2.45, 2.75) is 12.8 Å². The molecule has 0 aromatic heterocycles. The minimum atomic E-state index is 0.575. The van der Waals surface area contributed by atoms with E-state index in [0.29, 0.717) is 6.42 Å². The van der Waals surface area contributed by atoms with Gasteiger partial charge >= 0.3 is 0 Å². The van der Waals surface area contributed by atoms with Crippen LogP contribution in [0.15, 0.2) is 54.6 Å². The van der Waals surface area contributed by atoms with Gasteiger partial charge in [0.05, 0.1) is 6.07 Å². The van der Waals surface area contributed by atoms with Gasteiger partial charge in [0.15, 0.2) is 0 Å². The Bertz CT molecular complexity index is 750. The number of benzene rings is 3. The highest BCUT2D eigenvalue weighted by atomic mass is 14.2. The fourth-order valence-corrected chi connectivity index (χ4v) is 2.51. The molecule has 0 saturated carbocycles. The third-order valence-corrected chi connectivity index (χ3v) is 3.38. The average molecular weight is 231 g/mol. The van der Waals surface area contributed by atoms with Gasteiger partial charge in [0, 0.05) is 6.42 Å². The summed E-state index contributed by atoms with van der Waals surface area (Å²) in [7, 11) is 0. The second-order valence-electron chi connectivity index (χ2n) is 4.46. The molecule has 0 N–H and O–H groups in total. The standard InChI is InChI=1S/C17H13N/c18-12-4-7-13-6-3-9-17-15-8-2-1-5-14(15)10-11-16(13)17/h1-3,5-6,8-11H,4,7H2. The van der Waals surface area contributed by atoms with Crippen LogP contribution >= 0.6 is 0 Å². The Hall–Kier alpha value is -2.33. The summed E-state index contributed by atoms with van der Waals surface area (Å²) in [6, 6.07) is 21.3. The van der Waals surface area contributed by atoms with Crippen molar-refractivity contribution in [2.24, 2.45) is 0 Å². The van der Waals surface area contributed by atoms with Crippen molar-refractivity contribution in [2.75, 3.05) is 0 Å². The summed E-state index contributed by atoms with van der Waals surface area (Å²) in [5.74, 6) is 0. The molecule has 3 aromatic rings. The summed E-state index contributed by atoms with van der Waals surface area (Å²) in [4.78, 5) is 0. The molecule has 0 atom stereocenters. The van der Waals surface area contributed by atoms with Gasteiger partial charge in [-0.25, -0.2) is 0 Å². The largest absolute Gasteiger partial charge is 0.198 e. The average Bonchev–Trinajstić information content (AvgIpc) is 2.44. The molecule has 0 aliphatic carbocycles. The number of nitrogens with zero attached hydrogens (tertiary/aromatic N) is 1. The SMILES string of the molecule is N#CCCc1cccc2c1ccc1ccccc12. The predicted octanol–water partition coefficient (Wildman–Crippen LogP) is 4.45. The topological polar surface area (TPSA) is 23.8 Å². The molecule has 0 spiro atoms. The molecule has 1 heteroatoms. The Morgan fingerprint density at radius 2 is 1.61 bits per heavy atom. The molecule has 0 fully saturated rings. The maximum atomic E-state index is 8.72. The van der Waals surface area contributed by atoms with Crippen LogP contribution in [0, 0.1) is 11.3 Å². The van der Waals surface area contributed by atoms with Gasteiger partial charge in [0.25, 0.3) is 0 Å². The maximum Gasteiger partial charge on any atom is 0.0625 e. The van der Waals surface area contributed by atoms with E-state index in [-0.39, 0.29) is 0 Å². The highest BCUT2D eigenvalue weighted by Crippen LogP contribution is 2.28. The van der Waals surface area contributed by atoms with Crippen LogP contribution in [0.2, 0.25) is 0 Å². The van der Waals surface area contributed by atoms with Crippen LogP contribution in [-0.4, -0.2) is 0 Å². The van der Waals surface area contributed by atoms with E-state index in [1.807, 2.05) is 0 Å². The molecule has 0 aliphatic heterocycles. The molecule has 0 heterocycles. The summed E-state index contributed by atoms with van der Waals surface area (Å²) < 4.78 is 0. The van der Waals surface area contributed by atoms with Crippen molar-refractivity contribution in [3.63, 3.8) is 0 Å². The van der Waals surface area contributed by atoms with Gasteiger partial charge in [0.2, 0.25) is 0 Å². The fourth-order valence-electron chi connectivity index (χ4n) is 2.51. The normalized spacial score (nSPS) is 10.6. The van der Waals surface area contributed by atoms with Crippen LogP contribution in [0.25, 0.3) is 21.5 Å². The number of hydrogen-bond donors (Lipinski definition) is 0. The maximum absolute atomic E-state index is 8.72. The van der Waals surface area contributed by atoms with Crippen LogP contribution in [0.1, 0.15) is 12.0 Å². The molecule has 86 valence electrons. The summed E-state index contributed by atoms with van der Waals surface area (Å²) in [6.45, 7) is 0. The Balaban J connectivity index is 2.30. The number of fused-ring (bicyclic) bond motifs is 3. The Labute approximate surface area is 106 Å². The zero-order valence-electron chi connectivity index (χ0n) is 10.1. The number of aryl methyl sites for hydroxylation is 1. The van der Waals surface area contributed by atoms with Gasteiger partial charge in [-0.05, 0) is 33.5 Å². The van der Waals surface area contributed by atoms with Crippen molar-refractivity contribution >= 4 is 21.5 Å². The predicted molar refractivity (Wildman–Crippen MR) is 75.4 cm³/mol. The molecule has 0 radical (unpaired) electrons. The lowest BCUT2D eigenvalue weighted by Gasteiger charge is -2.07. The zero-order valence-corrected chi connectivity index (χ0v) is 10.1. The molecule has 0 amide bonds. The smallest absolute Gasteiger partial charge is 0.0625 e. The minimum Gasteiger partial charge on any atom is -0.198 e. The zero-order chi connectivity index (χ0) is 12.4. The second-order valence-corrected chi connectivity index (χ2v) is 4.46. The van der Waals surface area contributed by atoms with Gasteiger partial charge in [-0.15, -0.1) is 0 Å². The Kier molecular flexibility index (Phi) is 2.70. The molecule has 1 nitrogen and oxygen atoms in total. The van der Waals surface area contributed by atoms with Gasteiger partial charge in [0.1, 0.15) is 0 Å². The Morgan fingerprint density at radius 3 is 2.50 bits per heavy atom. The lowest BCUT2D eigenvalue weighted by Crippen LogP contribution is -1.87. The van der Waals surface area contributed by atoms with E-state index in [4.69, 9.17) is 5.26 Å². The first kappa shape index (κ1) is 10.8. The summed E-state index contributed by atoms with van der Waals surface area (Å²) in [6.07, 6.45) is 1.40. The molecule has 0 bridgehead atoms. The van der Waals surface area contributed by atoms with Crippen LogP contribution in [-0.2, 0) is 6.42 Å². The van der Waals surface area contributed by atoms with Crippen LogP contribution in [0.5, 0.6) is 0 Å². The third kappa shape index (κ3) is 1.72. The second kappa shape index (κ2) is 4.50. The molecule has 0 aliphatic rings. The summed E-state index contributed by atoms with van der Waals surface area (Å²) in [5, 5.41) is 13.8. The quantitative estimate of drug-likeness (QED) is 0.598. The van der Waals surface area contributed by atoms with Crippen molar-refractivity contribution in [1.82, 2.24) is 0 Å². The highest BCUT2D eigenvalue weighted by molar-refractivity contribution is 6.08. The number of rotatable bonds is 2. The summed E-state index contributed by atoms with van der Waals surface area (Å²) >= 11 is 0. The van der Waals surface area contributed by atoms with Crippen LogP contribution in [0.4, 0.5) is 0 Å². The first-order chi connectivity index (χ1) is 8.90. The van der Waals surface area contributed by atoms with Crippen LogP contribution < -0.4 is 0 Å². The van der Waals surface area contributed by atoms with Crippen molar-refractivity contribution in [3.8, 4) is 6.07 Å². The van der Waals surface area contributed by atoms with Crippen molar-refractivity contribution < 1.29 is 0 Å². The monoisotopic (exact) mass is 231 g/mol. The Morgan fingerprint density at radius 1 is 0.778 bits per heavy atom. The highest BCUT2D eigenvalue weighted by Gasteiger charge is 2.03. The van der Waals surface area contributed by atoms with E-state index in [1.54, 1.807) is 0 Å². The van der Waals surface area contributed by atoms with E-state index in [0.717, 1.165) is 6.42 Å². The van der Waals surface area contributed by atoms with E-state index in [1.165, 1.54) is 27.1 Å². The minimum absolute atomic E-state index is 0.575. The van der Waals surface area contributed by atoms with Crippen molar-refractivity contribution in [3.05, 3.63) is 60.2 Å². The van der Waals surface area contributed by atoms with Gasteiger partial charge in [-0.3, -0.25) is 0 Å². The third-order valence-electron chi connectivity index (χ3n) is 3.38. The molecule has 0 unspecified atom stereocenters. The molecular formula is C17H13N. The van der Waals surface area contributed by atoms with Gasteiger partial charge in [-0.1, -0.05) is 54.6 Å². The lowest BCUT2D eigenvalue weighted by atomic mass is 9.96. The summed E-state index contributed by atoms with van der Waals surface area (Å²) in [5.41, 5.74) is 1.26. The fraction of sp³-hybridized carbons (Fsp3) is 0.118. The molecule has 18 heavy (non-hydrogen) atoms. The number of nitriles is 1. The van der Waals surface area contributed by atoms with Crippen molar-refractivity contribution in [1.29, 1.82) is 5.26 Å². The van der Waals surface area contributed by atoms with E-state index in [2.05, 4.69) is 60.7 Å². The molecule has 3 rings (SSSR count). The lowest BCUT2D eigenvalue weighted by molar-refractivity contribution is 1.02. The van der Waals surface area contributed by atoms with Gasteiger partial charge < -0.3 is 0 Å². The number of hydrogen-bond acceptors (Lipinski definition) is 1. The molecular weight excluding hydrogens is 218 g/mol. The molecule has 3 aromatic carbocycles. The van der Waals surface area contributed by atoms with Crippen LogP contribution in [0.3, 0.4) is 0 Å². The van der Waals surface area contributed by atoms with Gasteiger partial charge in [-0.2, -0.15) is 5.26 Å². The first-order valence-electron chi connectivity index (χ1n) is 6.16. The van der Waals surface area contributed by atoms with E-state index in [9.17, 15) is 0 Å².